The fourth-order valence-corrected chi connectivity index (χ4v) is 4.50. The van der Waals surface area contributed by atoms with Gasteiger partial charge in [0.1, 0.15) is 17.2 Å². The van der Waals surface area contributed by atoms with Gasteiger partial charge in [-0.1, -0.05) is 30.3 Å². The van der Waals surface area contributed by atoms with Crippen LogP contribution in [0.2, 0.25) is 0 Å². The second kappa shape index (κ2) is 9.02. The molecule has 1 aliphatic heterocycles. The molecule has 1 aliphatic rings. The largest absolute Gasteiger partial charge is 0.488 e. The van der Waals surface area contributed by atoms with Crippen molar-refractivity contribution in [2.24, 2.45) is 0 Å². The van der Waals surface area contributed by atoms with Crippen molar-refractivity contribution < 1.29 is 19.1 Å². The zero-order valence-corrected chi connectivity index (χ0v) is 17.7. The Bertz CT molecular complexity index is 1150. The van der Waals surface area contributed by atoms with Crippen molar-refractivity contribution in [2.75, 3.05) is 11.4 Å². The molecule has 7 heteroatoms. The van der Waals surface area contributed by atoms with Crippen LogP contribution in [0.15, 0.2) is 60.7 Å². The molecule has 2 heterocycles. The van der Waals surface area contributed by atoms with E-state index in [0.29, 0.717) is 17.2 Å². The molecule has 0 radical (unpaired) electrons. The van der Waals surface area contributed by atoms with Crippen LogP contribution < -0.4 is 9.64 Å². The molecule has 0 saturated heterocycles. The van der Waals surface area contributed by atoms with E-state index in [1.54, 1.807) is 25.1 Å². The zero-order valence-electron chi connectivity index (χ0n) is 16.9. The minimum Gasteiger partial charge on any atom is -0.488 e. The number of ether oxygens (including phenoxy) is 2. The second-order valence-electron chi connectivity index (χ2n) is 7.03. The predicted molar refractivity (Wildman–Crippen MR) is 118 cm³/mol. The lowest BCUT2D eigenvalue weighted by Gasteiger charge is -2.25. The summed E-state index contributed by atoms with van der Waals surface area (Å²) < 4.78 is 11.3. The Hall–Kier alpha value is -3.63. The first-order chi connectivity index (χ1) is 15.1. The first-order valence-electron chi connectivity index (χ1n) is 9.87. The summed E-state index contributed by atoms with van der Waals surface area (Å²) in [6, 6.07) is 20.6. The van der Waals surface area contributed by atoms with Crippen LogP contribution in [0.3, 0.4) is 0 Å². The van der Waals surface area contributed by atoms with Crippen LogP contribution in [-0.4, -0.2) is 24.5 Å². The van der Waals surface area contributed by atoms with Crippen molar-refractivity contribution in [3.63, 3.8) is 0 Å². The van der Waals surface area contributed by atoms with E-state index >= 15 is 0 Å². The maximum Gasteiger partial charge on any atom is 0.349 e. The van der Waals surface area contributed by atoms with Gasteiger partial charge in [-0.2, -0.15) is 5.26 Å². The van der Waals surface area contributed by atoms with E-state index in [1.807, 2.05) is 42.5 Å². The third-order valence-electron chi connectivity index (χ3n) is 4.94. The monoisotopic (exact) mass is 432 g/mol. The standard InChI is InChI=1S/C24H20N2O4S/c1-16(23(27)26(13-7-12-25)18-8-3-2-4-9-18)30-24(28)21-14-17-15-29-20-11-6-5-10-19(20)22(17)31-21/h2-6,8-11,14,16H,7,13,15H2,1H3. The molecule has 1 unspecified atom stereocenters. The number of carbonyl (C=O) groups is 2. The molecule has 2 aromatic carbocycles. The van der Waals surface area contributed by atoms with Gasteiger partial charge in [-0.3, -0.25) is 4.79 Å². The van der Waals surface area contributed by atoms with Gasteiger partial charge < -0.3 is 14.4 Å². The van der Waals surface area contributed by atoms with Crippen molar-refractivity contribution in [2.45, 2.75) is 26.1 Å². The first-order valence-corrected chi connectivity index (χ1v) is 10.7. The van der Waals surface area contributed by atoms with Crippen LogP contribution in [-0.2, 0) is 16.1 Å². The van der Waals surface area contributed by atoms with Gasteiger partial charge in [0.15, 0.2) is 6.10 Å². The highest BCUT2D eigenvalue weighted by Crippen LogP contribution is 2.42. The maximum atomic E-state index is 13.0. The Morgan fingerprint density at radius 3 is 2.71 bits per heavy atom. The molecule has 0 saturated carbocycles. The number of thiophene rings is 1. The summed E-state index contributed by atoms with van der Waals surface area (Å²) >= 11 is 1.34. The normalized spacial score (nSPS) is 12.5. The third-order valence-corrected chi connectivity index (χ3v) is 6.13. The number of carbonyl (C=O) groups excluding carboxylic acids is 2. The zero-order chi connectivity index (χ0) is 21.8. The van der Waals surface area contributed by atoms with Crippen molar-refractivity contribution in [3.8, 4) is 22.3 Å². The lowest BCUT2D eigenvalue weighted by Crippen LogP contribution is -2.40. The second-order valence-corrected chi connectivity index (χ2v) is 8.08. The van der Waals surface area contributed by atoms with E-state index in [4.69, 9.17) is 14.7 Å². The molecule has 31 heavy (non-hydrogen) atoms. The number of anilines is 1. The van der Waals surface area contributed by atoms with Crippen molar-refractivity contribution in [1.29, 1.82) is 5.26 Å². The summed E-state index contributed by atoms with van der Waals surface area (Å²) in [6.45, 7) is 2.16. The highest BCUT2D eigenvalue weighted by atomic mass is 32.1. The summed E-state index contributed by atoms with van der Waals surface area (Å²) in [6.07, 6.45) is -0.813. The summed E-state index contributed by atoms with van der Waals surface area (Å²) in [4.78, 5) is 28.7. The SMILES string of the molecule is CC(OC(=O)c1cc2c(s1)-c1ccccc1OC2)C(=O)N(CCC#N)c1ccccc1. The van der Waals surface area contributed by atoms with Crippen molar-refractivity contribution in [1.82, 2.24) is 0 Å². The molecule has 0 N–H and O–H groups in total. The topological polar surface area (TPSA) is 79.6 Å². The van der Waals surface area contributed by atoms with Gasteiger partial charge in [0.05, 0.1) is 12.5 Å². The molecule has 156 valence electrons. The van der Waals surface area contributed by atoms with Crippen LogP contribution >= 0.6 is 11.3 Å². The lowest BCUT2D eigenvalue weighted by molar-refractivity contribution is -0.126. The number of amides is 1. The Kier molecular flexibility index (Phi) is 6.01. The number of fused-ring (bicyclic) bond motifs is 3. The molecule has 3 aromatic rings. The fraction of sp³-hybridized carbons (Fsp3) is 0.208. The quantitative estimate of drug-likeness (QED) is 0.523. The molecular weight excluding hydrogens is 412 g/mol. The van der Waals surface area contributed by atoms with E-state index in [-0.39, 0.29) is 18.9 Å². The number of nitrogens with zero attached hydrogens (tertiary/aromatic N) is 2. The molecule has 1 amide bonds. The summed E-state index contributed by atoms with van der Waals surface area (Å²) in [5.74, 6) is -0.132. The van der Waals surface area contributed by atoms with Gasteiger partial charge in [0, 0.05) is 28.2 Å². The highest BCUT2D eigenvalue weighted by Gasteiger charge is 2.28. The number of rotatable bonds is 6. The number of benzene rings is 2. The van der Waals surface area contributed by atoms with E-state index in [0.717, 1.165) is 21.8 Å². The number of esters is 1. The van der Waals surface area contributed by atoms with Gasteiger partial charge in [-0.05, 0) is 37.3 Å². The summed E-state index contributed by atoms with van der Waals surface area (Å²) in [5, 5.41) is 8.94. The van der Waals surface area contributed by atoms with Gasteiger partial charge >= 0.3 is 5.97 Å². The van der Waals surface area contributed by atoms with Crippen molar-refractivity contribution in [3.05, 3.63) is 71.1 Å². The van der Waals surface area contributed by atoms with Gasteiger partial charge in [-0.15, -0.1) is 11.3 Å². The van der Waals surface area contributed by atoms with Crippen LogP contribution in [0.5, 0.6) is 5.75 Å². The third kappa shape index (κ3) is 4.30. The molecule has 0 fully saturated rings. The van der Waals surface area contributed by atoms with Gasteiger partial charge in [0.25, 0.3) is 5.91 Å². The number of nitriles is 1. The highest BCUT2D eigenvalue weighted by molar-refractivity contribution is 7.17. The molecule has 4 rings (SSSR count). The number of hydrogen-bond donors (Lipinski definition) is 0. The van der Waals surface area contributed by atoms with Crippen molar-refractivity contribution >= 4 is 28.9 Å². The summed E-state index contributed by atoms with van der Waals surface area (Å²) in [5.41, 5.74) is 2.53. The van der Waals surface area contributed by atoms with Crippen LogP contribution in [0, 0.1) is 11.3 Å². The van der Waals surface area contributed by atoms with E-state index in [9.17, 15) is 9.59 Å². The van der Waals surface area contributed by atoms with E-state index in [1.165, 1.54) is 16.2 Å². The molecule has 1 atom stereocenters. The van der Waals surface area contributed by atoms with Crippen LogP contribution in [0.4, 0.5) is 5.69 Å². The number of hydrogen-bond acceptors (Lipinski definition) is 6. The van der Waals surface area contributed by atoms with E-state index in [2.05, 4.69) is 6.07 Å². The minimum absolute atomic E-state index is 0.179. The molecule has 1 aromatic heterocycles. The molecular formula is C24H20N2O4S. The van der Waals surface area contributed by atoms with E-state index < -0.39 is 12.1 Å². The van der Waals surface area contributed by atoms with Gasteiger partial charge in [-0.25, -0.2) is 4.79 Å². The Balaban J connectivity index is 1.50. The fourth-order valence-electron chi connectivity index (χ4n) is 3.42. The lowest BCUT2D eigenvalue weighted by atomic mass is 10.1. The maximum absolute atomic E-state index is 13.0. The average molecular weight is 433 g/mol. The smallest absolute Gasteiger partial charge is 0.349 e. The molecule has 6 nitrogen and oxygen atoms in total. The average Bonchev–Trinajstić information content (AvgIpc) is 3.25. The Morgan fingerprint density at radius 2 is 1.94 bits per heavy atom. The Morgan fingerprint density at radius 1 is 1.19 bits per heavy atom. The first kappa shape index (κ1) is 20.6. The van der Waals surface area contributed by atoms with Crippen LogP contribution in [0.25, 0.3) is 10.4 Å². The minimum atomic E-state index is -0.992. The number of para-hydroxylation sites is 2. The molecule has 0 bridgehead atoms. The molecule has 0 spiro atoms. The summed E-state index contributed by atoms with van der Waals surface area (Å²) in [7, 11) is 0. The molecule has 0 aliphatic carbocycles. The Labute approximate surface area is 184 Å². The van der Waals surface area contributed by atoms with Gasteiger partial charge in [0.2, 0.25) is 0 Å². The van der Waals surface area contributed by atoms with Crippen LogP contribution in [0.1, 0.15) is 28.6 Å². The predicted octanol–water partition coefficient (Wildman–Crippen LogP) is 4.80.